The first-order valence-corrected chi connectivity index (χ1v) is 11.7. The number of hydrogen-bond donors (Lipinski definition) is 0. The van der Waals surface area contributed by atoms with E-state index in [1.807, 2.05) is 36.1 Å². The maximum atomic E-state index is 13.3. The Morgan fingerprint density at radius 3 is 2.74 bits per heavy atom. The normalized spacial score (nSPS) is 15.5. The third-order valence-electron chi connectivity index (χ3n) is 5.43. The molecular formula is C24H32N2O4S. The van der Waals surface area contributed by atoms with Crippen molar-refractivity contribution < 1.29 is 19.1 Å². The maximum Gasteiger partial charge on any atom is 0.242 e. The van der Waals surface area contributed by atoms with Crippen molar-refractivity contribution in [2.75, 3.05) is 33.4 Å². The number of thiophene rings is 1. The van der Waals surface area contributed by atoms with Crippen LogP contribution in [-0.2, 0) is 16.0 Å². The molecule has 0 saturated carbocycles. The Bertz CT molecular complexity index is 895. The Hall–Kier alpha value is -2.54. The zero-order valence-electron chi connectivity index (χ0n) is 18.8. The van der Waals surface area contributed by atoms with Crippen LogP contribution in [0.4, 0.5) is 0 Å². The predicted octanol–water partition coefficient (Wildman–Crippen LogP) is 4.16. The fraction of sp³-hybridized carbons (Fsp3) is 0.500. The van der Waals surface area contributed by atoms with E-state index in [0.717, 1.165) is 17.7 Å². The third kappa shape index (κ3) is 5.79. The van der Waals surface area contributed by atoms with Gasteiger partial charge in [0.15, 0.2) is 0 Å². The Morgan fingerprint density at radius 2 is 2.03 bits per heavy atom. The van der Waals surface area contributed by atoms with Gasteiger partial charge in [-0.15, -0.1) is 11.3 Å². The van der Waals surface area contributed by atoms with Crippen molar-refractivity contribution in [3.8, 4) is 11.5 Å². The van der Waals surface area contributed by atoms with Crippen LogP contribution in [0.25, 0.3) is 0 Å². The van der Waals surface area contributed by atoms with Crippen molar-refractivity contribution >= 4 is 23.2 Å². The van der Waals surface area contributed by atoms with E-state index in [-0.39, 0.29) is 24.4 Å². The molecule has 1 aliphatic rings. The first kappa shape index (κ1) is 23.1. The maximum absolute atomic E-state index is 13.3. The van der Waals surface area contributed by atoms with Crippen molar-refractivity contribution in [2.24, 2.45) is 5.92 Å². The molecule has 0 aliphatic carbocycles. The zero-order valence-corrected chi connectivity index (χ0v) is 19.6. The zero-order chi connectivity index (χ0) is 22.4. The number of rotatable bonds is 9. The van der Waals surface area contributed by atoms with Gasteiger partial charge in [0.25, 0.3) is 0 Å². The summed E-state index contributed by atoms with van der Waals surface area (Å²) in [6.45, 7) is 7.64. The molecule has 168 valence electrons. The van der Waals surface area contributed by atoms with Crippen molar-refractivity contribution in [3.05, 3.63) is 46.2 Å². The van der Waals surface area contributed by atoms with E-state index in [4.69, 9.17) is 9.47 Å². The van der Waals surface area contributed by atoms with Gasteiger partial charge in [-0.1, -0.05) is 26.8 Å². The summed E-state index contributed by atoms with van der Waals surface area (Å²) in [7, 11) is 1.62. The third-order valence-corrected chi connectivity index (χ3v) is 6.43. The van der Waals surface area contributed by atoms with Gasteiger partial charge in [0.2, 0.25) is 11.8 Å². The number of carbonyl (C=O) groups excluding carboxylic acids is 2. The highest BCUT2D eigenvalue weighted by Gasteiger charge is 2.33. The Kier molecular flexibility index (Phi) is 7.96. The molecule has 3 rings (SSSR count). The van der Waals surface area contributed by atoms with Crippen LogP contribution in [0.15, 0.2) is 35.7 Å². The van der Waals surface area contributed by atoms with E-state index >= 15 is 0 Å². The summed E-state index contributed by atoms with van der Waals surface area (Å²) in [5, 5.41) is 2.07. The average Bonchev–Trinajstić information content (AvgIpc) is 3.25. The summed E-state index contributed by atoms with van der Waals surface area (Å²) in [4.78, 5) is 30.6. The summed E-state index contributed by atoms with van der Waals surface area (Å²) in [6.07, 6.45) is 1.23. The predicted molar refractivity (Wildman–Crippen MR) is 123 cm³/mol. The first-order chi connectivity index (χ1) is 14.9. The minimum absolute atomic E-state index is 0.0134. The Labute approximate surface area is 188 Å². The molecule has 0 bridgehead atoms. The number of amides is 2. The van der Waals surface area contributed by atoms with Crippen LogP contribution >= 0.6 is 11.3 Å². The minimum atomic E-state index is -0.175. The lowest BCUT2D eigenvalue weighted by atomic mass is 10.00. The van der Waals surface area contributed by atoms with E-state index in [0.29, 0.717) is 37.8 Å². The SMILES string of the molecule is CCC(=O)N(CC(=O)N1CCc2sccc2C1COc1cccc(OC)c1)CC(C)C. The van der Waals surface area contributed by atoms with Gasteiger partial charge in [0.1, 0.15) is 18.1 Å². The number of carbonyl (C=O) groups is 2. The first-order valence-electron chi connectivity index (χ1n) is 10.8. The van der Waals surface area contributed by atoms with E-state index in [2.05, 4.69) is 25.3 Å². The molecule has 0 fully saturated rings. The lowest BCUT2D eigenvalue weighted by molar-refractivity contribution is -0.143. The standard InChI is InChI=1S/C24H32N2O4S/c1-5-23(27)25(14-17(2)3)15-24(28)26-11-9-22-20(10-12-31-22)21(26)16-30-19-8-6-7-18(13-19)29-4/h6-8,10,12-13,17,21H,5,9,11,14-16H2,1-4H3. The quantitative estimate of drug-likeness (QED) is 0.583. The summed E-state index contributed by atoms with van der Waals surface area (Å²) in [6, 6.07) is 9.39. The minimum Gasteiger partial charge on any atom is -0.497 e. The average molecular weight is 445 g/mol. The number of hydrogen-bond acceptors (Lipinski definition) is 5. The molecule has 0 radical (unpaired) electrons. The van der Waals surface area contributed by atoms with Crippen molar-refractivity contribution in [1.82, 2.24) is 9.80 Å². The number of methoxy groups -OCH3 is 1. The highest BCUT2D eigenvalue weighted by atomic mass is 32.1. The summed E-state index contributed by atoms with van der Waals surface area (Å²) in [5.41, 5.74) is 1.14. The molecule has 2 heterocycles. The monoisotopic (exact) mass is 444 g/mol. The second-order valence-corrected chi connectivity index (χ2v) is 9.16. The van der Waals surface area contributed by atoms with Crippen LogP contribution in [-0.4, -0.2) is 55.0 Å². The van der Waals surface area contributed by atoms with Crippen LogP contribution in [0, 0.1) is 5.92 Å². The molecular weight excluding hydrogens is 412 g/mol. The molecule has 1 aromatic heterocycles. The van der Waals surface area contributed by atoms with Crippen LogP contribution in [0.1, 0.15) is 43.7 Å². The fourth-order valence-corrected chi connectivity index (χ4v) is 4.84. The summed E-state index contributed by atoms with van der Waals surface area (Å²) in [5.74, 6) is 1.72. The number of ether oxygens (including phenoxy) is 2. The van der Waals surface area contributed by atoms with Crippen molar-refractivity contribution in [3.63, 3.8) is 0 Å². The molecule has 6 nitrogen and oxygen atoms in total. The van der Waals surface area contributed by atoms with Crippen LogP contribution in [0.2, 0.25) is 0 Å². The molecule has 1 atom stereocenters. The van der Waals surface area contributed by atoms with Gasteiger partial charge in [0.05, 0.1) is 19.7 Å². The van der Waals surface area contributed by atoms with Crippen LogP contribution in [0.5, 0.6) is 11.5 Å². The fourth-order valence-electron chi connectivity index (χ4n) is 3.91. The highest BCUT2D eigenvalue weighted by molar-refractivity contribution is 7.10. The van der Waals surface area contributed by atoms with Crippen molar-refractivity contribution in [2.45, 2.75) is 39.7 Å². The molecule has 0 N–H and O–H groups in total. The van der Waals surface area contributed by atoms with Gasteiger partial charge < -0.3 is 19.3 Å². The van der Waals surface area contributed by atoms with E-state index in [9.17, 15) is 9.59 Å². The molecule has 7 heteroatoms. The van der Waals surface area contributed by atoms with Gasteiger partial charge in [-0.3, -0.25) is 9.59 Å². The Morgan fingerprint density at radius 1 is 1.26 bits per heavy atom. The number of fused-ring (bicyclic) bond motifs is 1. The highest BCUT2D eigenvalue weighted by Crippen LogP contribution is 2.34. The smallest absolute Gasteiger partial charge is 0.242 e. The molecule has 31 heavy (non-hydrogen) atoms. The topological polar surface area (TPSA) is 59.1 Å². The van der Waals surface area contributed by atoms with Gasteiger partial charge >= 0.3 is 0 Å². The van der Waals surface area contributed by atoms with E-state index < -0.39 is 0 Å². The number of nitrogens with zero attached hydrogens (tertiary/aromatic N) is 2. The second kappa shape index (κ2) is 10.7. The van der Waals surface area contributed by atoms with Gasteiger partial charge in [-0.2, -0.15) is 0 Å². The van der Waals surface area contributed by atoms with Crippen LogP contribution < -0.4 is 9.47 Å². The summed E-state index contributed by atoms with van der Waals surface area (Å²) < 4.78 is 11.4. The second-order valence-electron chi connectivity index (χ2n) is 8.16. The van der Waals surface area contributed by atoms with Crippen LogP contribution in [0.3, 0.4) is 0 Å². The van der Waals surface area contributed by atoms with Crippen molar-refractivity contribution in [1.29, 1.82) is 0 Å². The molecule has 1 aromatic carbocycles. The lowest BCUT2D eigenvalue weighted by Gasteiger charge is -2.37. The molecule has 0 saturated heterocycles. The molecule has 1 unspecified atom stereocenters. The Balaban J connectivity index is 1.77. The molecule has 1 aliphatic heterocycles. The lowest BCUT2D eigenvalue weighted by Crippen LogP contribution is -2.48. The van der Waals surface area contributed by atoms with E-state index in [1.54, 1.807) is 23.3 Å². The molecule has 0 spiro atoms. The number of benzene rings is 1. The van der Waals surface area contributed by atoms with Gasteiger partial charge in [-0.05, 0) is 41.5 Å². The summed E-state index contributed by atoms with van der Waals surface area (Å²) >= 11 is 1.72. The van der Waals surface area contributed by atoms with E-state index in [1.165, 1.54) is 4.88 Å². The molecule has 2 aromatic rings. The van der Waals surface area contributed by atoms with Gasteiger partial charge in [0, 0.05) is 30.5 Å². The molecule has 2 amide bonds. The largest absolute Gasteiger partial charge is 0.497 e. The van der Waals surface area contributed by atoms with Gasteiger partial charge in [-0.25, -0.2) is 0 Å².